The SMILES string of the molecule is C/C(=C\C(=O)OCC1CC1)CCCC(C)CCCC(C)C. The fourth-order valence-corrected chi connectivity index (χ4v) is 2.55. The minimum Gasteiger partial charge on any atom is -0.462 e. The van der Waals surface area contributed by atoms with Crippen molar-refractivity contribution in [1.82, 2.24) is 0 Å². The number of hydrogen-bond donors (Lipinski definition) is 0. The fraction of sp³-hybridized carbons (Fsp3) is 0.842. The molecule has 0 N–H and O–H groups in total. The van der Waals surface area contributed by atoms with Crippen molar-refractivity contribution in [3.63, 3.8) is 0 Å². The minimum absolute atomic E-state index is 0.149. The van der Waals surface area contributed by atoms with Crippen molar-refractivity contribution in [3.8, 4) is 0 Å². The molecule has 122 valence electrons. The Morgan fingerprint density at radius 2 is 1.81 bits per heavy atom. The van der Waals surface area contributed by atoms with E-state index in [0.717, 1.165) is 23.8 Å². The van der Waals surface area contributed by atoms with E-state index in [1.165, 1.54) is 44.9 Å². The first-order chi connectivity index (χ1) is 9.97. The van der Waals surface area contributed by atoms with Gasteiger partial charge in [-0.3, -0.25) is 0 Å². The van der Waals surface area contributed by atoms with Crippen LogP contribution >= 0.6 is 0 Å². The Morgan fingerprint density at radius 3 is 2.43 bits per heavy atom. The lowest BCUT2D eigenvalue weighted by molar-refractivity contribution is -0.138. The van der Waals surface area contributed by atoms with Crippen molar-refractivity contribution in [1.29, 1.82) is 0 Å². The molecule has 0 heterocycles. The summed E-state index contributed by atoms with van der Waals surface area (Å²) < 4.78 is 5.22. The van der Waals surface area contributed by atoms with E-state index in [0.29, 0.717) is 12.5 Å². The quantitative estimate of drug-likeness (QED) is 0.370. The largest absolute Gasteiger partial charge is 0.462 e. The summed E-state index contributed by atoms with van der Waals surface area (Å²) in [5.41, 5.74) is 1.16. The molecule has 1 saturated carbocycles. The number of carbonyl (C=O) groups is 1. The molecule has 2 heteroatoms. The van der Waals surface area contributed by atoms with Crippen molar-refractivity contribution in [2.75, 3.05) is 6.61 Å². The van der Waals surface area contributed by atoms with Crippen molar-refractivity contribution >= 4 is 5.97 Å². The molecule has 2 nitrogen and oxygen atoms in total. The third-order valence-electron chi connectivity index (χ3n) is 4.27. The van der Waals surface area contributed by atoms with Crippen LogP contribution in [0.1, 0.15) is 79.1 Å². The number of esters is 1. The highest BCUT2D eigenvalue weighted by Gasteiger charge is 2.22. The minimum atomic E-state index is -0.149. The van der Waals surface area contributed by atoms with Gasteiger partial charge in [0, 0.05) is 6.08 Å². The average Bonchev–Trinajstić information content (AvgIpc) is 3.19. The molecule has 0 aliphatic heterocycles. The highest BCUT2D eigenvalue weighted by molar-refractivity contribution is 5.82. The third kappa shape index (κ3) is 10.6. The molecule has 0 aromatic rings. The van der Waals surface area contributed by atoms with E-state index in [9.17, 15) is 4.79 Å². The number of carbonyl (C=O) groups excluding carboxylic acids is 1. The van der Waals surface area contributed by atoms with E-state index in [4.69, 9.17) is 4.74 Å². The fourth-order valence-electron chi connectivity index (χ4n) is 2.55. The standard InChI is InChI=1S/C19H34O2/c1-15(2)7-5-8-16(3)9-6-10-17(4)13-19(20)21-14-18-11-12-18/h13,15-16,18H,5-12,14H2,1-4H3/b17-13+. The number of rotatable bonds is 11. The van der Waals surface area contributed by atoms with E-state index in [-0.39, 0.29) is 5.97 Å². The van der Waals surface area contributed by atoms with Gasteiger partial charge in [-0.25, -0.2) is 4.79 Å². The van der Waals surface area contributed by atoms with E-state index < -0.39 is 0 Å². The molecule has 0 aromatic heterocycles. The van der Waals surface area contributed by atoms with Crippen molar-refractivity contribution in [2.45, 2.75) is 79.1 Å². The lowest BCUT2D eigenvalue weighted by Crippen LogP contribution is -2.04. The van der Waals surface area contributed by atoms with Crippen LogP contribution in [0.2, 0.25) is 0 Å². The monoisotopic (exact) mass is 294 g/mol. The van der Waals surface area contributed by atoms with Crippen molar-refractivity contribution < 1.29 is 9.53 Å². The Bertz CT molecular complexity index is 326. The number of hydrogen-bond acceptors (Lipinski definition) is 2. The summed E-state index contributed by atoms with van der Waals surface area (Å²) in [5, 5.41) is 0. The zero-order chi connectivity index (χ0) is 15.7. The van der Waals surface area contributed by atoms with Gasteiger partial charge in [0.05, 0.1) is 6.61 Å². The summed E-state index contributed by atoms with van der Waals surface area (Å²) in [6.45, 7) is 9.60. The molecule has 1 aliphatic carbocycles. The Kier molecular flexibility index (Phi) is 8.72. The molecule has 0 aromatic carbocycles. The molecule has 1 fully saturated rings. The Morgan fingerprint density at radius 1 is 1.14 bits per heavy atom. The normalized spacial score (nSPS) is 17.1. The summed E-state index contributed by atoms with van der Waals surface area (Å²) in [7, 11) is 0. The van der Waals surface area contributed by atoms with Gasteiger partial charge in [-0.15, -0.1) is 0 Å². The molecule has 1 aliphatic rings. The Hall–Kier alpha value is -0.790. The van der Waals surface area contributed by atoms with Crippen LogP contribution in [0.15, 0.2) is 11.6 Å². The van der Waals surface area contributed by atoms with Crippen LogP contribution in [0.5, 0.6) is 0 Å². The Balaban J connectivity index is 2.05. The predicted octanol–water partition coefficient (Wildman–Crippen LogP) is 5.52. The van der Waals surface area contributed by atoms with E-state index in [1.807, 2.05) is 6.92 Å². The number of ether oxygens (including phenoxy) is 1. The molecule has 1 rings (SSSR count). The van der Waals surface area contributed by atoms with Crippen LogP contribution in [0.4, 0.5) is 0 Å². The van der Waals surface area contributed by atoms with Gasteiger partial charge in [-0.05, 0) is 50.4 Å². The summed E-state index contributed by atoms with van der Waals surface area (Å²) >= 11 is 0. The van der Waals surface area contributed by atoms with Crippen LogP contribution in [0.3, 0.4) is 0 Å². The predicted molar refractivity (Wildman–Crippen MR) is 89.1 cm³/mol. The molecule has 0 spiro atoms. The first kappa shape index (κ1) is 18.3. The lowest BCUT2D eigenvalue weighted by atomic mass is 9.94. The second kappa shape index (κ2) is 10.0. The van der Waals surface area contributed by atoms with Crippen LogP contribution < -0.4 is 0 Å². The molecular weight excluding hydrogens is 260 g/mol. The van der Waals surface area contributed by atoms with Gasteiger partial charge in [-0.1, -0.05) is 52.0 Å². The van der Waals surface area contributed by atoms with Gasteiger partial charge < -0.3 is 4.74 Å². The van der Waals surface area contributed by atoms with Gasteiger partial charge in [0.1, 0.15) is 0 Å². The van der Waals surface area contributed by atoms with E-state index in [2.05, 4.69) is 20.8 Å². The van der Waals surface area contributed by atoms with Crippen molar-refractivity contribution in [2.24, 2.45) is 17.8 Å². The molecule has 0 radical (unpaired) electrons. The van der Waals surface area contributed by atoms with Crippen LogP contribution in [-0.2, 0) is 9.53 Å². The first-order valence-corrected chi connectivity index (χ1v) is 8.81. The van der Waals surface area contributed by atoms with Crippen LogP contribution in [0.25, 0.3) is 0 Å². The zero-order valence-corrected chi connectivity index (χ0v) is 14.5. The molecule has 1 atom stereocenters. The maximum atomic E-state index is 11.6. The summed E-state index contributed by atoms with van der Waals surface area (Å²) in [6, 6.07) is 0. The topological polar surface area (TPSA) is 26.3 Å². The van der Waals surface area contributed by atoms with Crippen LogP contribution in [-0.4, -0.2) is 12.6 Å². The van der Waals surface area contributed by atoms with Gasteiger partial charge in [0.25, 0.3) is 0 Å². The van der Waals surface area contributed by atoms with E-state index >= 15 is 0 Å². The summed E-state index contributed by atoms with van der Waals surface area (Å²) in [4.78, 5) is 11.6. The molecular formula is C19H34O2. The molecule has 1 unspecified atom stereocenters. The molecule has 0 bridgehead atoms. The summed E-state index contributed by atoms with van der Waals surface area (Å²) in [6.07, 6.45) is 11.6. The van der Waals surface area contributed by atoms with Gasteiger partial charge in [0.15, 0.2) is 0 Å². The number of allylic oxidation sites excluding steroid dienone is 1. The van der Waals surface area contributed by atoms with Crippen molar-refractivity contribution in [3.05, 3.63) is 11.6 Å². The second-order valence-corrected chi connectivity index (χ2v) is 7.39. The molecule has 0 amide bonds. The van der Waals surface area contributed by atoms with Gasteiger partial charge in [-0.2, -0.15) is 0 Å². The van der Waals surface area contributed by atoms with E-state index in [1.54, 1.807) is 6.08 Å². The first-order valence-electron chi connectivity index (χ1n) is 8.81. The smallest absolute Gasteiger partial charge is 0.330 e. The zero-order valence-electron chi connectivity index (χ0n) is 14.5. The maximum absolute atomic E-state index is 11.6. The highest BCUT2D eigenvalue weighted by atomic mass is 16.5. The lowest BCUT2D eigenvalue weighted by Gasteiger charge is -2.12. The summed E-state index contributed by atoms with van der Waals surface area (Å²) in [5.74, 6) is 2.13. The molecule has 21 heavy (non-hydrogen) atoms. The maximum Gasteiger partial charge on any atom is 0.330 e. The second-order valence-electron chi connectivity index (χ2n) is 7.39. The Labute approximate surface area is 131 Å². The molecule has 0 saturated heterocycles. The van der Waals surface area contributed by atoms with Gasteiger partial charge in [0.2, 0.25) is 0 Å². The van der Waals surface area contributed by atoms with Crippen LogP contribution in [0, 0.1) is 17.8 Å². The average molecular weight is 294 g/mol. The highest BCUT2D eigenvalue weighted by Crippen LogP contribution is 2.28. The van der Waals surface area contributed by atoms with Gasteiger partial charge >= 0.3 is 5.97 Å². The third-order valence-corrected chi connectivity index (χ3v) is 4.27.